The topological polar surface area (TPSA) is 59.1 Å². The Hall–Kier alpha value is -1.45. The summed E-state index contributed by atoms with van der Waals surface area (Å²) in [6, 6.07) is 11.3. The van der Waals surface area contributed by atoms with Gasteiger partial charge in [0.05, 0.1) is 23.9 Å². The van der Waals surface area contributed by atoms with Gasteiger partial charge >= 0.3 is 0 Å². The highest BCUT2D eigenvalue weighted by atomic mass is 16.3. The lowest BCUT2D eigenvalue weighted by Crippen LogP contribution is -2.15. The molecule has 14 heavy (non-hydrogen) atoms. The predicted octanol–water partition coefficient (Wildman–Crippen LogP) is 1.23. The highest BCUT2D eigenvalue weighted by molar-refractivity contribution is 5.78. The summed E-state index contributed by atoms with van der Waals surface area (Å²) in [5.41, 5.74) is 7.31. The van der Waals surface area contributed by atoms with Crippen LogP contribution in [0.4, 0.5) is 0 Å². The minimum atomic E-state index is -0.389. The zero-order valence-corrected chi connectivity index (χ0v) is 7.72. The van der Waals surface area contributed by atoms with Crippen LogP contribution < -0.4 is 5.73 Å². The molecule has 2 rings (SSSR count). The fourth-order valence-electron chi connectivity index (χ4n) is 1.38. The van der Waals surface area contributed by atoms with Crippen LogP contribution in [0, 0.1) is 0 Å². The molecule has 1 aromatic carbocycles. The molecule has 1 unspecified atom stereocenters. The molecule has 3 heteroatoms. The highest BCUT2D eigenvalue weighted by Gasteiger charge is 2.05. The molecule has 2 aromatic rings. The van der Waals surface area contributed by atoms with Crippen molar-refractivity contribution in [2.75, 3.05) is 6.61 Å². The first-order valence-corrected chi connectivity index (χ1v) is 4.53. The van der Waals surface area contributed by atoms with Crippen LogP contribution in [-0.4, -0.2) is 16.7 Å². The van der Waals surface area contributed by atoms with Gasteiger partial charge in [0, 0.05) is 5.39 Å². The summed E-state index contributed by atoms with van der Waals surface area (Å²) < 4.78 is 0. The Labute approximate surface area is 82.2 Å². The zero-order chi connectivity index (χ0) is 9.97. The van der Waals surface area contributed by atoms with Crippen LogP contribution in [0.5, 0.6) is 0 Å². The Morgan fingerprint density at radius 1 is 1.21 bits per heavy atom. The Morgan fingerprint density at radius 2 is 2.00 bits per heavy atom. The zero-order valence-electron chi connectivity index (χ0n) is 7.72. The first-order valence-electron chi connectivity index (χ1n) is 4.53. The number of benzene rings is 1. The smallest absolute Gasteiger partial charge is 0.0706 e. The third kappa shape index (κ3) is 1.60. The van der Waals surface area contributed by atoms with Crippen molar-refractivity contribution >= 4 is 10.9 Å². The van der Waals surface area contributed by atoms with Crippen LogP contribution in [0.15, 0.2) is 36.4 Å². The van der Waals surface area contributed by atoms with Crippen LogP contribution in [0.2, 0.25) is 0 Å². The van der Waals surface area contributed by atoms with Gasteiger partial charge in [-0.2, -0.15) is 0 Å². The van der Waals surface area contributed by atoms with E-state index >= 15 is 0 Å². The average molecular weight is 188 g/mol. The van der Waals surface area contributed by atoms with E-state index in [-0.39, 0.29) is 12.6 Å². The van der Waals surface area contributed by atoms with E-state index in [1.54, 1.807) is 0 Å². The Morgan fingerprint density at radius 3 is 2.79 bits per heavy atom. The van der Waals surface area contributed by atoms with Crippen molar-refractivity contribution < 1.29 is 5.11 Å². The van der Waals surface area contributed by atoms with Gasteiger partial charge < -0.3 is 10.8 Å². The first kappa shape index (κ1) is 9.12. The van der Waals surface area contributed by atoms with Gasteiger partial charge in [-0.25, -0.2) is 0 Å². The number of aliphatic hydroxyl groups is 1. The summed E-state index contributed by atoms with van der Waals surface area (Å²) >= 11 is 0. The van der Waals surface area contributed by atoms with E-state index in [1.807, 2.05) is 36.4 Å². The molecule has 0 saturated heterocycles. The normalized spacial score (nSPS) is 13.0. The molecule has 0 aliphatic carbocycles. The second-order valence-electron chi connectivity index (χ2n) is 3.22. The van der Waals surface area contributed by atoms with Crippen molar-refractivity contribution in [3.8, 4) is 0 Å². The lowest BCUT2D eigenvalue weighted by atomic mass is 10.1. The lowest BCUT2D eigenvalue weighted by molar-refractivity contribution is 0.266. The van der Waals surface area contributed by atoms with Crippen LogP contribution in [0.1, 0.15) is 11.7 Å². The van der Waals surface area contributed by atoms with E-state index in [2.05, 4.69) is 4.98 Å². The van der Waals surface area contributed by atoms with Crippen molar-refractivity contribution in [3.05, 3.63) is 42.1 Å². The summed E-state index contributed by atoms with van der Waals surface area (Å²) in [6.07, 6.45) is 0. The average Bonchev–Trinajstić information content (AvgIpc) is 2.27. The molecule has 3 N–H and O–H groups in total. The van der Waals surface area contributed by atoms with Gasteiger partial charge in [0.2, 0.25) is 0 Å². The maximum absolute atomic E-state index is 8.90. The third-order valence-corrected chi connectivity index (χ3v) is 2.20. The summed E-state index contributed by atoms with van der Waals surface area (Å²) in [5, 5.41) is 9.98. The van der Waals surface area contributed by atoms with E-state index in [0.717, 1.165) is 16.6 Å². The molecule has 0 bridgehead atoms. The molecule has 0 fully saturated rings. The molecule has 3 nitrogen and oxygen atoms in total. The molecule has 72 valence electrons. The molecule has 0 spiro atoms. The number of hydrogen-bond donors (Lipinski definition) is 2. The number of fused-ring (bicyclic) bond motifs is 1. The van der Waals surface area contributed by atoms with Crippen LogP contribution >= 0.6 is 0 Å². The number of para-hydroxylation sites is 1. The standard InChI is InChI=1S/C11H12N2O/c12-9(7-14)11-6-5-8-3-1-2-4-10(8)13-11/h1-6,9,14H,7,12H2. The summed E-state index contributed by atoms with van der Waals surface area (Å²) in [7, 11) is 0. The van der Waals surface area contributed by atoms with Crippen molar-refractivity contribution in [2.24, 2.45) is 5.73 Å². The van der Waals surface area contributed by atoms with Crippen molar-refractivity contribution in [1.82, 2.24) is 4.98 Å². The number of nitrogens with zero attached hydrogens (tertiary/aromatic N) is 1. The number of rotatable bonds is 2. The minimum absolute atomic E-state index is 0.0780. The summed E-state index contributed by atoms with van der Waals surface area (Å²) in [5.74, 6) is 0. The van der Waals surface area contributed by atoms with Gasteiger partial charge in [0.25, 0.3) is 0 Å². The van der Waals surface area contributed by atoms with E-state index < -0.39 is 0 Å². The third-order valence-electron chi connectivity index (χ3n) is 2.20. The number of hydrogen-bond acceptors (Lipinski definition) is 3. The fourth-order valence-corrected chi connectivity index (χ4v) is 1.38. The molecule has 1 atom stereocenters. The van der Waals surface area contributed by atoms with Gasteiger partial charge in [-0.15, -0.1) is 0 Å². The van der Waals surface area contributed by atoms with E-state index in [0.29, 0.717) is 0 Å². The SMILES string of the molecule is NC(CO)c1ccc2ccccc2n1. The minimum Gasteiger partial charge on any atom is -0.394 e. The molecule has 1 aromatic heterocycles. The number of pyridine rings is 1. The van der Waals surface area contributed by atoms with E-state index in [1.165, 1.54) is 0 Å². The van der Waals surface area contributed by atoms with Crippen LogP contribution in [0.3, 0.4) is 0 Å². The molecule has 0 amide bonds. The Kier molecular flexibility index (Phi) is 2.43. The molecule has 0 saturated carbocycles. The van der Waals surface area contributed by atoms with E-state index in [9.17, 15) is 0 Å². The van der Waals surface area contributed by atoms with Gasteiger partial charge in [-0.1, -0.05) is 24.3 Å². The molecular formula is C11H12N2O. The second-order valence-corrected chi connectivity index (χ2v) is 3.22. The number of aliphatic hydroxyl groups excluding tert-OH is 1. The van der Waals surface area contributed by atoms with Crippen molar-refractivity contribution in [2.45, 2.75) is 6.04 Å². The van der Waals surface area contributed by atoms with Crippen molar-refractivity contribution in [3.63, 3.8) is 0 Å². The van der Waals surface area contributed by atoms with Crippen molar-refractivity contribution in [1.29, 1.82) is 0 Å². The maximum Gasteiger partial charge on any atom is 0.0706 e. The molecular weight excluding hydrogens is 176 g/mol. The van der Waals surface area contributed by atoms with Crippen LogP contribution in [0.25, 0.3) is 10.9 Å². The van der Waals surface area contributed by atoms with Gasteiger partial charge in [0.1, 0.15) is 0 Å². The Balaban J connectivity index is 2.51. The monoisotopic (exact) mass is 188 g/mol. The lowest BCUT2D eigenvalue weighted by Gasteiger charge is -2.07. The van der Waals surface area contributed by atoms with Gasteiger partial charge in [-0.05, 0) is 12.1 Å². The molecule has 0 aliphatic heterocycles. The number of nitrogens with two attached hydrogens (primary N) is 1. The summed E-state index contributed by atoms with van der Waals surface area (Å²) in [4.78, 5) is 4.36. The highest BCUT2D eigenvalue weighted by Crippen LogP contribution is 2.14. The molecule has 1 heterocycles. The predicted molar refractivity (Wildman–Crippen MR) is 55.8 cm³/mol. The Bertz CT molecular complexity index is 442. The second kappa shape index (κ2) is 3.74. The quantitative estimate of drug-likeness (QED) is 0.745. The molecule has 0 aliphatic rings. The number of aromatic nitrogens is 1. The maximum atomic E-state index is 8.90. The van der Waals surface area contributed by atoms with Crippen LogP contribution in [-0.2, 0) is 0 Å². The molecule has 0 radical (unpaired) electrons. The van der Waals surface area contributed by atoms with E-state index in [4.69, 9.17) is 10.8 Å². The summed E-state index contributed by atoms with van der Waals surface area (Å²) in [6.45, 7) is -0.0780. The fraction of sp³-hybridized carbons (Fsp3) is 0.182. The first-order chi connectivity index (χ1) is 6.81. The largest absolute Gasteiger partial charge is 0.394 e. The van der Waals surface area contributed by atoms with Gasteiger partial charge in [-0.3, -0.25) is 4.98 Å². The van der Waals surface area contributed by atoms with Gasteiger partial charge in [0.15, 0.2) is 0 Å².